The zero-order valence-corrected chi connectivity index (χ0v) is 13.6. The molecule has 0 bridgehead atoms. The minimum Gasteiger partial charge on any atom is -0.324 e. The molecule has 0 saturated carbocycles. The molecule has 1 aromatic heterocycles. The van der Waals surface area contributed by atoms with Gasteiger partial charge in [0.1, 0.15) is 6.04 Å². The molecule has 2 aromatic rings. The first kappa shape index (κ1) is 13.8. The molecule has 20 heavy (non-hydrogen) atoms. The van der Waals surface area contributed by atoms with Gasteiger partial charge >= 0.3 is 0 Å². The summed E-state index contributed by atoms with van der Waals surface area (Å²) in [5.74, 6) is -0.0508. The van der Waals surface area contributed by atoms with Crippen molar-refractivity contribution in [3.05, 3.63) is 38.7 Å². The molecule has 0 saturated heterocycles. The highest BCUT2D eigenvalue weighted by molar-refractivity contribution is 14.1. The molecule has 0 fully saturated rings. The lowest BCUT2D eigenvalue weighted by Crippen LogP contribution is -2.27. The summed E-state index contributed by atoms with van der Waals surface area (Å²) in [5, 5.41) is 10.8. The number of rotatable bonds is 3. The maximum atomic E-state index is 11.9. The van der Waals surface area contributed by atoms with Crippen LogP contribution in [0.5, 0.6) is 0 Å². The third-order valence-corrected chi connectivity index (χ3v) is 4.02. The van der Waals surface area contributed by atoms with Crippen LogP contribution in [0.1, 0.15) is 18.5 Å². The quantitative estimate of drug-likeness (QED) is 0.776. The Balaban J connectivity index is 2.06. The van der Waals surface area contributed by atoms with Gasteiger partial charge in [-0.15, -0.1) is 0 Å². The second-order valence-electron chi connectivity index (χ2n) is 4.47. The van der Waals surface area contributed by atoms with E-state index in [0.29, 0.717) is 11.6 Å². The van der Waals surface area contributed by atoms with Crippen LogP contribution in [-0.4, -0.2) is 22.2 Å². The summed E-state index contributed by atoms with van der Waals surface area (Å²) >= 11 is 8.52. The third kappa shape index (κ3) is 2.32. The van der Waals surface area contributed by atoms with Gasteiger partial charge in [-0.2, -0.15) is 5.10 Å². The molecule has 1 unspecified atom stereocenters. The molecular weight excluding hydrogens is 391 g/mol. The summed E-state index contributed by atoms with van der Waals surface area (Å²) in [5.41, 5.74) is 2.42. The van der Waals surface area contributed by atoms with Gasteiger partial charge in [0.25, 0.3) is 0 Å². The molecular formula is C13H12ClIN4O. The van der Waals surface area contributed by atoms with Crippen molar-refractivity contribution < 1.29 is 4.79 Å². The summed E-state index contributed by atoms with van der Waals surface area (Å²) in [4.78, 5) is 11.9. The lowest BCUT2D eigenvalue weighted by molar-refractivity contribution is -0.117. The van der Waals surface area contributed by atoms with Gasteiger partial charge < -0.3 is 10.6 Å². The number of halogens is 2. The van der Waals surface area contributed by atoms with Crippen LogP contribution in [0.3, 0.4) is 0 Å². The molecule has 1 aromatic carbocycles. The van der Waals surface area contributed by atoms with Crippen LogP contribution in [0.15, 0.2) is 24.5 Å². The average Bonchev–Trinajstić information content (AvgIpc) is 2.95. The zero-order valence-electron chi connectivity index (χ0n) is 10.7. The number of nitrogens with one attached hydrogen (secondary N) is 2. The fourth-order valence-electron chi connectivity index (χ4n) is 2.29. The van der Waals surface area contributed by atoms with E-state index in [2.05, 4.69) is 38.3 Å². The van der Waals surface area contributed by atoms with E-state index in [9.17, 15) is 4.79 Å². The predicted octanol–water partition coefficient (Wildman–Crippen LogP) is 2.73. The first-order chi connectivity index (χ1) is 9.60. The molecule has 0 aliphatic carbocycles. The highest BCUT2D eigenvalue weighted by Gasteiger charge is 2.31. The normalized spacial score (nSPS) is 17.1. The van der Waals surface area contributed by atoms with Gasteiger partial charge in [0, 0.05) is 17.4 Å². The molecule has 0 spiro atoms. The van der Waals surface area contributed by atoms with Crippen LogP contribution in [-0.2, 0) is 4.79 Å². The Bertz CT molecular complexity index is 685. The van der Waals surface area contributed by atoms with E-state index in [4.69, 9.17) is 11.6 Å². The van der Waals surface area contributed by atoms with E-state index >= 15 is 0 Å². The van der Waals surface area contributed by atoms with Crippen LogP contribution >= 0.6 is 34.2 Å². The van der Waals surface area contributed by atoms with E-state index in [1.165, 1.54) is 0 Å². The maximum absolute atomic E-state index is 11.9. The number of carbonyl (C=O) groups is 1. The van der Waals surface area contributed by atoms with Crippen molar-refractivity contribution in [2.24, 2.45) is 0 Å². The standard InChI is InChI=1S/C13H12ClIN4O/c1-2-16-12-8-3-9(14)11(4-10(8)18-13(12)20)19-6-7(15)5-17-19/h3-6,12,16H,2H2,1H3,(H,18,20). The second-order valence-corrected chi connectivity index (χ2v) is 6.13. The molecule has 1 amide bonds. The number of aromatic nitrogens is 2. The molecule has 0 radical (unpaired) electrons. The fraction of sp³-hybridized carbons (Fsp3) is 0.231. The van der Waals surface area contributed by atoms with Crippen LogP contribution in [0.4, 0.5) is 5.69 Å². The number of carbonyl (C=O) groups excluding carboxylic acids is 1. The smallest absolute Gasteiger partial charge is 0.246 e. The molecule has 104 valence electrons. The number of anilines is 1. The number of fused-ring (bicyclic) bond motifs is 1. The molecule has 2 N–H and O–H groups in total. The topological polar surface area (TPSA) is 59.0 Å². The number of nitrogens with zero attached hydrogens (tertiary/aromatic N) is 2. The molecule has 3 rings (SSSR count). The van der Waals surface area contributed by atoms with Crippen LogP contribution in [0.2, 0.25) is 5.02 Å². The predicted molar refractivity (Wildman–Crippen MR) is 86.3 cm³/mol. The molecule has 1 atom stereocenters. The number of hydrogen-bond acceptors (Lipinski definition) is 3. The maximum Gasteiger partial charge on any atom is 0.246 e. The zero-order chi connectivity index (χ0) is 14.3. The van der Waals surface area contributed by atoms with Crippen molar-refractivity contribution in [2.45, 2.75) is 13.0 Å². The Morgan fingerprint density at radius 2 is 2.35 bits per heavy atom. The Morgan fingerprint density at radius 1 is 1.55 bits per heavy atom. The fourth-order valence-corrected chi connectivity index (χ4v) is 2.93. The molecule has 1 aliphatic heterocycles. The van der Waals surface area contributed by atoms with E-state index in [0.717, 1.165) is 20.5 Å². The van der Waals surface area contributed by atoms with Crippen molar-refractivity contribution in [3.63, 3.8) is 0 Å². The number of hydrogen-bond donors (Lipinski definition) is 2. The largest absolute Gasteiger partial charge is 0.324 e. The molecule has 1 aliphatic rings. The minimum atomic E-state index is -0.334. The van der Waals surface area contributed by atoms with Crippen molar-refractivity contribution >= 4 is 45.8 Å². The van der Waals surface area contributed by atoms with Gasteiger partial charge in [-0.1, -0.05) is 18.5 Å². The monoisotopic (exact) mass is 402 g/mol. The highest BCUT2D eigenvalue weighted by atomic mass is 127. The third-order valence-electron chi connectivity index (χ3n) is 3.16. The Labute approximate surface area is 134 Å². The van der Waals surface area contributed by atoms with Gasteiger partial charge in [-0.3, -0.25) is 4.79 Å². The Kier molecular flexibility index (Phi) is 3.70. The van der Waals surface area contributed by atoms with Gasteiger partial charge in [0.2, 0.25) is 5.91 Å². The van der Waals surface area contributed by atoms with Gasteiger partial charge in [0.05, 0.1) is 20.5 Å². The van der Waals surface area contributed by atoms with Crippen LogP contribution < -0.4 is 10.6 Å². The van der Waals surface area contributed by atoms with E-state index < -0.39 is 0 Å². The summed E-state index contributed by atoms with van der Waals surface area (Å²) in [6, 6.07) is 3.35. The van der Waals surface area contributed by atoms with Crippen LogP contribution in [0, 0.1) is 3.57 Å². The molecule has 5 nitrogen and oxygen atoms in total. The van der Waals surface area contributed by atoms with E-state index in [-0.39, 0.29) is 11.9 Å². The Morgan fingerprint density at radius 3 is 3.00 bits per heavy atom. The average molecular weight is 403 g/mol. The van der Waals surface area contributed by atoms with E-state index in [1.807, 2.05) is 25.3 Å². The van der Waals surface area contributed by atoms with Gasteiger partial charge in [0.15, 0.2) is 0 Å². The second kappa shape index (κ2) is 5.34. The van der Waals surface area contributed by atoms with Crippen LogP contribution in [0.25, 0.3) is 5.69 Å². The molecule has 2 heterocycles. The first-order valence-corrected chi connectivity index (χ1v) is 7.64. The van der Waals surface area contributed by atoms with Crippen molar-refractivity contribution in [3.8, 4) is 5.69 Å². The van der Waals surface area contributed by atoms with Crippen molar-refractivity contribution in [2.75, 3.05) is 11.9 Å². The SMILES string of the molecule is CCNC1C(=O)Nc2cc(-n3cc(I)cn3)c(Cl)cc21. The number of amides is 1. The van der Waals surface area contributed by atoms with Crippen molar-refractivity contribution in [1.29, 1.82) is 0 Å². The highest BCUT2D eigenvalue weighted by Crippen LogP contribution is 2.36. The molecule has 7 heteroatoms. The Hall–Kier alpha value is -1.12. The lowest BCUT2D eigenvalue weighted by atomic mass is 10.1. The van der Waals surface area contributed by atoms with Crippen molar-refractivity contribution in [1.82, 2.24) is 15.1 Å². The van der Waals surface area contributed by atoms with Gasteiger partial charge in [-0.25, -0.2) is 4.68 Å². The number of likely N-dealkylation sites (N-methyl/N-ethyl adjacent to an activating group) is 1. The minimum absolute atomic E-state index is 0.0508. The summed E-state index contributed by atoms with van der Waals surface area (Å²) in [6.45, 7) is 2.68. The first-order valence-electron chi connectivity index (χ1n) is 6.18. The summed E-state index contributed by atoms with van der Waals surface area (Å²) < 4.78 is 2.73. The van der Waals surface area contributed by atoms with E-state index in [1.54, 1.807) is 10.9 Å². The summed E-state index contributed by atoms with van der Waals surface area (Å²) in [7, 11) is 0. The number of benzene rings is 1. The lowest BCUT2D eigenvalue weighted by Gasteiger charge is -2.11. The summed E-state index contributed by atoms with van der Waals surface area (Å²) in [6.07, 6.45) is 3.64. The van der Waals surface area contributed by atoms with Gasteiger partial charge in [-0.05, 0) is 41.3 Å².